The summed E-state index contributed by atoms with van der Waals surface area (Å²) in [6, 6.07) is 0. The summed E-state index contributed by atoms with van der Waals surface area (Å²) in [6.07, 6.45) is 0. The summed E-state index contributed by atoms with van der Waals surface area (Å²) in [5.74, 6) is -5.61. The average molecular weight is 230 g/mol. The van der Waals surface area contributed by atoms with Crippen molar-refractivity contribution in [1.82, 2.24) is 0 Å². The highest BCUT2D eigenvalue weighted by Gasteiger charge is 2.21. The molecule has 0 radical (unpaired) electrons. The molecule has 0 aliphatic carbocycles. The van der Waals surface area contributed by atoms with E-state index in [-0.39, 0.29) is 12.4 Å². The minimum atomic E-state index is -1.42. The van der Waals surface area contributed by atoms with Crippen LogP contribution in [0.4, 0.5) is 17.6 Å². The van der Waals surface area contributed by atoms with Gasteiger partial charge in [0.05, 0.1) is 0 Å². The monoisotopic (exact) mass is 229 g/mol. The summed E-state index contributed by atoms with van der Waals surface area (Å²) in [7, 11) is 0. The lowest BCUT2D eigenvalue weighted by Gasteiger charge is -2.06. The standard InChI is InChI=1S/C8H7F4N.ClH/c1-3-5(9)7(11)4(2-13)8(12)6(3)10;/h2,13H2,1H3;1H. The van der Waals surface area contributed by atoms with E-state index in [9.17, 15) is 17.6 Å². The van der Waals surface area contributed by atoms with Crippen molar-refractivity contribution in [3.8, 4) is 0 Å². The molecule has 0 unspecified atom stereocenters. The molecule has 14 heavy (non-hydrogen) atoms. The molecule has 80 valence electrons. The van der Waals surface area contributed by atoms with Crippen LogP contribution in [0.3, 0.4) is 0 Å². The highest BCUT2D eigenvalue weighted by Crippen LogP contribution is 2.22. The summed E-state index contributed by atoms with van der Waals surface area (Å²) in [5.41, 5.74) is 3.49. The summed E-state index contributed by atoms with van der Waals surface area (Å²) in [6.45, 7) is 0.378. The number of nitrogens with two attached hydrogens (primary N) is 1. The highest BCUT2D eigenvalue weighted by atomic mass is 35.5. The van der Waals surface area contributed by atoms with Gasteiger partial charge in [-0.3, -0.25) is 0 Å². The topological polar surface area (TPSA) is 26.0 Å². The van der Waals surface area contributed by atoms with Crippen LogP contribution in [-0.4, -0.2) is 0 Å². The zero-order valence-electron chi connectivity index (χ0n) is 7.20. The Kier molecular flexibility index (Phi) is 4.35. The molecule has 1 rings (SSSR count). The van der Waals surface area contributed by atoms with Gasteiger partial charge in [0.15, 0.2) is 23.3 Å². The van der Waals surface area contributed by atoms with Crippen LogP contribution >= 0.6 is 12.4 Å². The van der Waals surface area contributed by atoms with E-state index in [4.69, 9.17) is 5.73 Å². The van der Waals surface area contributed by atoms with Crippen molar-refractivity contribution in [2.75, 3.05) is 0 Å². The fourth-order valence-corrected chi connectivity index (χ4v) is 0.966. The van der Waals surface area contributed by atoms with Crippen LogP contribution in [0.2, 0.25) is 0 Å². The largest absolute Gasteiger partial charge is 0.326 e. The van der Waals surface area contributed by atoms with Gasteiger partial charge in [-0.05, 0) is 6.92 Å². The van der Waals surface area contributed by atoms with Gasteiger partial charge in [-0.15, -0.1) is 12.4 Å². The van der Waals surface area contributed by atoms with Gasteiger partial charge in [-0.25, -0.2) is 17.6 Å². The third-order valence-electron chi connectivity index (χ3n) is 1.78. The van der Waals surface area contributed by atoms with Crippen LogP contribution in [0.5, 0.6) is 0 Å². The number of hydrogen-bond acceptors (Lipinski definition) is 1. The first-order chi connectivity index (χ1) is 6.00. The Morgan fingerprint density at radius 1 is 0.929 bits per heavy atom. The SMILES string of the molecule is Cc1c(F)c(F)c(CN)c(F)c1F.Cl. The zero-order valence-corrected chi connectivity index (χ0v) is 8.02. The first-order valence-corrected chi connectivity index (χ1v) is 3.52. The van der Waals surface area contributed by atoms with E-state index in [1.54, 1.807) is 0 Å². The molecule has 0 heterocycles. The lowest BCUT2D eigenvalue weighted by molar-refractivity contribution is 0.431. The van der Waals surface area contributed by atoms with Gasteiger partial charge in [0.2, 0.25) is 0 Å². The molecule has 2 N–H and O–H groups in total. The molecule has 0 saturated carbocycles. The molecule has 0 aliphatic rings. The lowest BCUT2D eigenvalue weighted by Crippen LogP contribution is -2.10. The van der Waals surface area contributed by atoms with Crippen LogP contribution in [0.25, 0.3) is 0 Å². The number of halogens is 5. The Hall–Kier alpha value is -0.810. The number of rotatable bonds is 1. The van der Waals surface area contributed by atoms with E-state index in [2.05, 4.69) is 0 Å². The minimum absolute atomic E-state index is 0. The molecule has 0 aromatic heterocycles. The van der Waals surface area contributed by atoms with Crippen LogP contribution < -0.4 is 5.73 Å². The van der Waals surface area contributed by atoms with Crippen molar-refractivity contribution in [1.29, 1.82) is 0 Å². The Labute approximate surface area is 84.3 Å². The van der Waals surface area contributed by atoms with Gasteiger partial charge in [0, 0.05) is 17.7 Å². The molecule has 0 spiro atoms. The zero-order chi connectivity index (χ0) is 10.2. The molecule has 1 nitrogen and oxygen atoms in total. The molecular weight excluding hydrogens is 222 g/mol. The predicted molar refractivity (Wildman–Crippen MR) is 46.2 cm³/mol. The minimum Gasteiger partial charge on any atom is -0.326 e. The van der Waals surface area contributed by atoms with Crippen molar-refractivity contribution < 1.29 is 17.6 Å². The van der Waals surface area contributed by atoms with Crippen LogP contribution in [0.15, 0.2) is 0 Å². The Morgan fingerprint density at radius 2 is 1.29 bits per heavy atom. The van der Waals surface area contributed by atoms with Crippen molar-refractivity contribution in [3.05, 3.63) is 34.4 Å². The van der Waals surface area contributed by atoms with Crippen molar-refractivity contribution in [3.63, 3.8) is 0 Å². The fourth-order valence-electron chi connectivity index (χ4n) is 0.966. The van der Waals surface area contributed by atoms with Crippen molar-refractivity contribution >= 4 is 12.4 Å². The molecule has 0 aliphatic heterocycles. The third-order valence-corrected chi connectivity index (χ3v) is 1.78. The van der Waals surface area contributed by atoms with Crippen molar-refractivity contribution in [2.24, 2.45) is 5.73 Å². The van der Waals surface area contributed by atoms with Gasteiger partial charge in [-0.1, -0.05) is 0 Å². The van der Waals surface area contributed by atoms with Crippen LogP contribution in [0, 0.1) is 30.2 Å². The maximum atomic E-state index is 12.8. The fraction of sp³-hybridized carbons (Fsp3) is 0.250. The third kappa shape index (κ3) is 1.83. The van der Waals surface area contributed by atoms with Gasteiger partial charge in [0.1, 0.15) is 0 Å². The second-order valence-electron chi connectivity index (χ2n) is 2.56. The first kappa shape index (κ1) is 13.2. The molecule has 0 amide bonds. The summed E-state index contributed by atoms with van der Waals surface area (Å²) in [5, 5.41) is 0. The molecule has 1 aromatic rings. The lowest BCUT2D eigenvalue weighted by atomic mass is 10.1. The predicted octanol–water partition coefficient (Wildman–Crippen LogP) is 2.43. The van der Waals surface area contributed by atoms with Gasteiger partial charge in [-0.2, -0.15) is 0 Å². The second kappa shape index (κ2) is 4.61. The van der Waals surface area contributed by atoms with Crippen LogP contribution in [0.1, 0.15) is 11.1 Å². The molecule has 0 fully saturated rings. The van der Waals surface area contributed by atoms with Gasteiger partial charge >= 0.3 is 0 Å². The molecule has 0 saturated heterocycles. The van der Waals surface area contributed by atoms with Crippen LogP contribution in [-0.2, 0) is 6.54 Å². The second-order valence-corrected chi connectivity index (χ2v) is 2.56. The summed E-state index contributed by atoms with van der Waals surface area (Å²) in [4.78, 5) is 0. The quantitative estimate of drug-likeness (QED) is 0.581. The van der Waals surface area contributed by atoms with E-state index in [0.717, 1.165) is 6.92 Å². The molecular formula is C8H8ClF4N. The van der Waals surface area contributed by atoms with E-state index in [0.29, 0.717) is 0 Å². The van der Waals surface area contributed by atoms with E-state index >= 15 is 0 Å². The molecule has 1 aromatic carbocycles. The normalized spacial score (nSPS) is 9.86. The average Bonchev–Trinajstić information content (AvgIpc) is 2.13. The van der Waals surface area contributed by atoms with E-state index in [1.165, 1.54) is 0 Å². The molecule has 0 atom stereocenters. The maximum absolute atomic E-state index is 12.8. The summed E-state index contributed by atoms with van der Waals surface area (Å²) < 4.78 is 51.2. The Balaban J connectivity index is 0.00000169. The smallest absolute Gasteiger partial charge is 0.166 e. The van der Waals surface area contributed by atoms with Gasteiger partial charge < -0.3 is 5.73 Å². The van der Waals surface area contributed by atoms with Crippen molar-refractivity contribution in [2.45, 2.75) is 13.5 Å². The van der Waals surface area contributed by atoms with E-state index in [1.807, 2.05) is 0 Å². The highest BCUT2D eigenvalue weighted by molar-refractivity contribution is 5.85. The van der Waals surface area contributed by atoms with Gasteiger partial charge in [0.25, 0.3) is 0 Å². The first-order valence-electron chi connectivity index (χ1n) is 3.52. The molecule has 0 bridgehead atoms. The Morgan fingerprint density at radius 3 is 1.57 bits per heavy atom. The Bertz CT molecular complexity index is 325. The summed E-state index contributed by atoms with van der Waals surface area (Å²) >= 11 is 0. The number of hydrogen-bond donors (Lipinski definition) is 1. The maximum Gasteiger partial charge on any atom is 0.166 e. The number of benzene rings is 1. The van der Waals surface area contributed by atoms with E-state index < -0.39 is 40.9 Å². The molecule has 6 heteroatoms.